The van der Waals surface area contributed by atoms with E-state index in [-0.39, 0.29) is 11.6 Å². The van der Waals surface area contributed by atoms with E-state index in [9.17, 15) is 14.3 Å². The fourth-order valence-electron chi connectivity index (χ4n) is 2.03. The smallest absolute Gasteiger partial charge is 0.295 e. The number of carbonyl (C=O) groups is 1. The third-order valence-electron chi connectivity index (χ3n) is 3.04. The van der Waals surface area contributed by atoms with E-state index in [0.29, 0.717) is 20.9 Å². The van der Waals surface area contributed by atoms with E-state index in [0.717, 1.165) is 0 Å². The average Bonchev–Trinajstić information content (AvgIpc) is 2.82. The Kier molecular flexibility index (Phi) is 3.72. The van der Waals surface area contributed by atoms with Crippen molar-refractivity contribution in [1.82, 2.24) is 4.98 Å². The van der Waals surface area contributed by atoms with Crippen LogP contribution in [0.15, 0.2) is 57.2 Å². The zero-order valence-electron chi connectivity index (χ0n) is 11.0. The molecule has 5 nitrogen and oxygen atoms in total. The molecule has 0 aliphatic heterocycles. The molecule has 0 bridgehead atoms. The quantitative estimate of drug-likeness (QED) is 0.649. The number of nitrogens with zero attached hydrogens (tertiary/aromatic N) is 2. The van der Waals surface area contributed by atoms with Crippen molar-refractivity contribution in [3.05, 3.63) is 58.3 Å². The second-order valence-corrected chi connectivity index (χ2v) is 5.36. The predicted octanol–water partition coefficient (Wildman–Crippen LogP) is 4.70. The molecule has 2 N–H and O–H groups in total. The van der Waals surface area contributed by atoms with Gasteiger partial charge in [-0.05, 0) is 40.2 Å². The van der Waals surface area contributed by atoms with Crippen LogP contribution in [0.2, 0.25) is 0 Å². The second kappa shape index (κ2) is 5.69. The maximum atomic E-state index is 13.5. The first-order valence-electron chi connectivity index (χ1n) is 6.27. The first-order chi connectivity index (χ1) is 10.6. The Bertz CT molecular complexity index is 891. The van der Waals surface area contributed by atoms with Crippen molar-refractivity contribution in [3.63, 3.8) is 0 Å². The summed E-state index contributed by atoms with van der Waals surface area (Å²) in [5.74, 6) is -1.33. The number of rotatable bonds is 2. The zero-order chi connectivity index (χ0) is 15.7. The van der Waals surface area contributed by atoms with E-state index in [1.807, 2.05) is 0 Å². The molecular weight excluding hydrogens is 353 g/mol. The molecule has 22 heavy (non-hydrogen) atoms. The summed E-state index contributed by atoms with van der Waals surface area (Å²) < 4.78 is 13.9. The summed E-state index contributed by atoms with van der Waals surface area (Å²) in [5.41, 5.74) is 0.859. The number of benzene rings is 2. The molecule has 7 heteroatoms. The van der Waals surface area contributed by atoms with Crippen LogP contribution in [0.4, 0.5) is 10.1 Å². The van der Waals surface area contributed by atoms with E-state index in [2.05, 4.69) is 31.1 Å². The van der Waals surface area contributed by atoms with Crippen LogP contribution in [0, 0.1) is 5.82 Å². The van der Waals surface area contributed by atoms with Gasteiger partial charge >= 0.3 is 0 Å². The molecule has 3 aromatic rings. The molecule has 0 fully saturated rings. The average molecular weight is 362 g/mol. The van der Waals surface area contributed by atoms with Crippen molar-refractivity contribution < 1.29 is 14.3 Å². The molecule has 0 saturated carbocycles. The number of carbonyl (C=O) groups excluding carboxylic acids is 1. The topological polar surface area (TPSA) is 77.8 Å². The van der Waals surface area contributed by atoms with Gasteiger partial charge in [0.15, 0.2) is 5.69 Å². The molecule has 0 radical (unpaired) electrons. The predicted molar refractivity (Wildman–Crippen MR) is 82.9 cm³/mol. The van der Waals surface area contributed by atoms with Crippen LogP contribution in [-0.2, 0) is 0 Å². The molecule has 1 amide bonds. The number of aromatic hydroxyl groups is 1. The molecule has 0 atom stereocenters. The maximum absolute atomic E-state index is 13.5. The van der Waals surface area contributed by atoms with Gasteiger partial charge in [0.1, 0.15) is 5.82 Å². The normalized spacial score (nSPS) is 11.4. The molecule has 3 rings (SSSR count). The highest BCUT2D eigenvalue weighted by Gasteiger charge is 2.15. The van der Waals surface area contributed by atoms with Gasteiger partial charge in [0.05, 0.1) is 5.52 Å². The van der Waals surface area contributed by atoms with E-state index < -0.39 is 11.7 Å². The van der Waals surface area contributed by atoms with Crippen molar-refractivity contribution in [1.29, 1.82) is 0 Å². The van der Waals surface area contributed by atoms with Crippen LogP contribution < -0.4 is 0 Å². The SMILES string of the molecule is O=C(N=Nc1c(O)[nH]c2c(Br)cc(F)cc12)c1ccccc1. The van der Waals surface area contributed by atoms with Gasteiger partial charge in [-0.1, -0.05) is 18.2 Å². The number of amides is 1. The van der Waals surface area contributed by atoms with Crippen LogP contribution in [-0.4, -0.2) is 16.0 Å². The molecule has 2 aromatic carbocycles. The van der Waals surface area contributed by atoms with Crippen molar-refractivity contribution in [2.75, 3.05) is 0 Å². The van der Waals surface area contributed by atoms with E-state index in [4.69, 9.17) is 0 Å². The summed E-state index contributed by atoms with van der Waals surface area (Å²) in [7, 11) is 0. The molecule has 110 valence electrons. The lowest BCUT2D eigenvalue weighted by molar-refractivity contribution is 0.0995. The molecular formula is C15H9BrFN3O2. The minimum atomic E-state index is -0.551. The van der Waals surface area contributed by atoms with Crippen LogP contribution >= 0.6 is 15.9 Å². The van der Waals surface area contributed by atoms with Crippen LogP contribution in [0.3, 0.4) is 0 Å². The third-order valence-corrected chi connectivity index (χ3v) is 3.66. The van der Waals surface area contributed by atoms with Crippen molar-refractivity contribution in [2.45, 2.75) is 0 Å². The van der Waals surface area contributed by atoms with Gasteiger partial charge in [-0.15, -0.1) is 10.2 Å². The summed E-state index contributed by atoms with van der Waals surface area (Å²) in [6, 6.07) is 10.9. The van der Waals surface area contributed by atoms with Crippen molar-refractivity contribution >= 4 is 38.4 Å². The van der Waals surface area contributed by atoms with Crippen molar-refractivity contribution in [2.24, 2.45) is 10.2 Å². The number of halogens is 2. The number of aromatic amines is 1. The lowest BCUT2D eigenvalue weighted by Gasteiger charge is -1.95. The summed E-state index contributed by atoms with van der Waals surface area (Å²) in [5, 5.41) is 17.5. The van der Waals surface area contributed by atoms with Crippen LogP contribution in [0.1, 0.15) is 10.4 Å². The molecule has 0 aliphatic carbocycles. The fourth-order valence-corrected chi connectivity index (χ4v) is 2.56. The Morgan fingerprint density at radius 3 is 2.68 bits per heavy atom. The Morgan fingerprint density at radius 2 is 1.95 bits per heavy atom. The number of nitrogens with one attached hydrogen (secondary N) is 1. The molecule has 0 saturated heterocycles. The van der Waals surface area contributed by atoms with E-state index in [1.165, 1.54) is 12.1 Å². The van der Waals surface area contributed by atoms with Gasteiger partial charge in [0.25, 0.3) is 5.91 Å². The largest absolute Gasteiger partial charge is 0.493 e. The highest BCUT2D eigenvalue weighted by atomic mass is 79.9. The first kappa shape index (κ1) is 14.4. The number of H-pyrrole nitrogens is 1. The highest BCUT2D eigenvalue weighted by molar-refractivity contribution is 9.10. The third kappa shape index (κ3) is 2.62. The van der Waals surface area contributed by atoms with Crippen LogP contribution in [0.5, 0.6) is 5.88 Å². The van der Waals surface area contributed by atoms with Gasteiger partial charge in [0.2, 0.25) is 5.88 Å². The number of azo groups is 1. The van der Waals surface area contributed by atoms with Gasteiger partial charge < -0.3 is 10.1 Å². The number of fused-ring (bicyclic) bond motifs is 1. The molecule has 0 spiro atoms. The first-order valence-corrected chi connectivity index (χ1v) is 7.06. The highest BCUT2D eigenvalue weighted by Crippen LogP contribution is 2.39. The summed E-state index contributed by atoms with van der Waals surface area (Å²) in [4.78, 5) is 14.5. The minimum absolute atomic E-state index is 0.0134. The van der Waals surface area contributed by atoms with Crippen LogP contribution in [0.25, 0.3) is 10.9 Å². The molecule has 0 unspecified atom stereocenters. The Hall–Kier alpha value is -2.54. The van der Waals surface area contributed by atoms with Gasteiger partial charge in [-0.2, -0.15) is 0 Å². The Balaban J connectivity index is 2.02. The van der Waals surface area contributed by atoms with E-state index in [1.54, 1.807) is 30.3 Å². The van der Waals surface area contributed by atoms with Crippen molar-refractivity contribution in [3.8, 4) is 5.88 Å². The van der Waals surface area contributed by atoms with Gasteiger partial charge in [-0.25, -0.2) is 4.39 Å². The standard InChI is InChI=1S/C15H9BrFN3O2/c16-11-7-9(17)6-10-12(11)18-15(22)13(10)19-20-14(21)8-4-2-1-3-5-8/h1-7,18,22H. The van der Waals surface area contributed by atoms with Gasteiger partial charge in [-0.3, -0.25) is 4.79 Å². The number of aromatic nitrogens is 1. The summed E-state index contributed by atoms with van der Waals surface area (Å²) in [6.45, 7) is 0. The van der Waals surface area contributed by atoms with Gasteiger partial charge in [0, 0.05) is 15.4 Å². The fraction of sp³-hybridized carbons (Fsp3) is 0. The second-order valence-electron chi connectivity index (χ2n) is 4.50. The summed E-state index contributed by atoms with van der Waals surface area (Å²) in [6.07, 6.45) is 0. The Labute approximate surface area is 132 Å². The Morgan fingerprint density at radius 1 is 1.23 bits per heavy atom. The number of hydrogen-bond donors (Lipinski definition) is 2. The number of hydrogen-bond acceptors (Lipinski definition) is 3. The van der Waals surface area contributed by atoms with E-state index >= 15 is 0 Å². The monoisotopic (exact) mass is 361 g/mol. The molecule has 1 aromatic heterocycles. The summed E-state index contributed by atoms with van der Waals surface area (Å²) >= 11 is 3.19. The molecule has 1 heterocycles. The minimum Gasteiger partial charge on any atom is -0.493 e. The molecule has 0 aliphatic rings. The lowest BCUT2D eigenvalue weighted by atomic mass is 10.2. The zero-order valence-corrected chi connectivity index (χ0v) is 12.6. The lowest BCUT2D eigenvalue weighted by Crippen LogP contribution is -1.91. The maximum Gasteiger partial charge on any atom is 0.295 e.